The zero-order valence-electron chi connectivity index (χ0n) is 32.4. The number of rotatable bonds is 8. The lowest BCUT2D eigenvalue weighted by molar-refractivity contribution is -0.202. The number of hydrogen-bond acceptors (Lipinski definition) is 6. The number of fused-ring (bicyclic) bond motifs is 7. The number of allylic oxidation sites excluding steroid dienone is 2. The second-order valence-corrected chi connectivity index (χ2v) is 18.9. The van der Waals surface area contributed by atoms with Gasteiger partial charge in [-0.15, -0.1) is 0 Å². The van der Waals surface area contributed by atoms with Crippen molar-refractivity contribution < 1.29 is 29.0 Å². The van der Waals surface area contributed by atoms with Crippen LogP contribution in [0.25, 0.3) is 0 Å². The van der Waals surface area contributed by atoms with Crippen LogP contribution < -0.4 is 5.32 Å². The fraction of sp³-hybridized carbons (Fsp3) is 0.721. The smallest absolute Gasteiger partial charge is 0.325 e. The Morgan fingerprint density at radius 1 is 0.902 bits per heavy atom. The van der Waals surface area contributed by atoms with Crippen molar-refractivity contribution in [2.24, 2.45) is 50.2 Å². The summed E-state index contributed by atoms with van der Waals surface area (Å²) in [5.74, 6) is -0.638. The Balaban J connectivity index is 1.29. The highest BCUT2D eigenvalue weighted by Crippen LogP contribution is 2.75. The lowest BCUT2D eigenvalue weighted by atomic mass is 9.33. The molecule has 0 aromatic heterocycles. The number of carbonyl (C=O) groups is 4. The summed E-state index contributed by atoms with van der Waals surface area (Å²) in [6.45, 7) is 17.6. The number of carbonyl (C=O) groups excluding carboxylic acids is 4. The van der Waals surface area contributed by atoms with Gasteiger partial charge in [0.2, 0.25) is 11.8 Å². The van der Waals surface area contributed by atoms with Gasteiger partial charge in [-0.05, 0) is 115 Å². The maximum absolute atomic E-state index is 14.7. The van der Waals surface area contributed by atoms with Gasteiger partial charge in [-0.1, -0.05) is 84.4 Å². The first-order chi connectivity index (χ1) is 23.8. The largest absolute Gasteiger partial charge is 0.465 e. The topological polar surface area (TPSA) is 113 Å². The van der Waals surface area contributed by atoms with Crippen molar-refractivity contribution in [2.45, 2.75) is 126 Å². The number of esters is 1. The molecule has 0 radical (unpaired) electrons. The Morgan fingerprint density at radius 3 is 2.27 bits per heavy atom. The van der Waals surface area contributed by atoms with Crippen LogP contribution in [0.1, 0.15) is 119 Å². The lowest BCUT2D eigenvalue weighted by Gasteiger charge is -2.70. The van der Waals surface area contributed by atoms with Crippen molar-refractivity contribution >= 4 is 23.6 Å². The third kappa shape index (κ3) is 6.09. The van der Waals surface area contributed by atoms with Crippen molar-refractivity contribution in [1.82, 2.24) is 10.2 Å². The van der Waals surface area contributed by atoms with E-state index in [2.05, 4.69) is 46.9 Å². The summed E-state index contributed by atoms with van der Waals surface area (Å²) in [4.78, 5) is 56.8. The first kappa shape index (κ1) is 37.7. The van der Waals surface area contributed by atoms with E-state index in [0.29, 0.717) is 19.4 Å². The number of ether oxygens (including phenoxy) is 1. The van der Waals surface area contributed by atoms with E-state index >= 15 is 0 Å². The van der Waals surface area contributed by atoms with Gasteiger partial charge >= 0.3 is 5.97 Å². The number of hydrogen-bond donors (Lipinski definition) is 2. The molecule has 51 heavy (non-hydrogen) atoms. The zero-order chi connectivity index (χ0) is 37.2. The number of amides is 2. The molecule has 0 spiro atoms. The minimum atomic E-state index is -0.816. The second-order valence-electron chi connectivity index (χ2n) is 18.9. The van der Waals surface area contributed by atoms with E-state index in [1.165, 1.54) is 10.5 Å². The molecular formula is C43H62N2O6. The fourth-order valence-corrected chi connectivity index (χ4v) is 12.3. The Kier molecular flexibility index (Phi) is 9.73. The Morgan fingerprint density at radius 2 is 1.59 bits per heavy atom. The third-order valence-corrected chi connectivity index (χ3v) is 15.6. The van der Waals surface area contributed by atoms with E-state index in [9.17, 15) is 24.3 Å². The van der Waals surface area contributed by atoms with Gasteiger partial charge in [-0.3, -0.25) is 19.2 Å². The SMILES string of the molecule is CCOC(=O)CN(CC(=O)NCc1ccccc1)C(=O)[C@@]1(C)CC[C@]2(C)CC[C@]3(C)C(=CC(=O)[C@@H]4[C@@]5(C)CC[C@H](O)C(C)(C)[C@@H]5CC[C@]43C)[C@@H]2C1. The molecule has 1 aromatic carbocycles. The summed E-state index contributed by atoms with van der Waals surface area (Å²) < 4.78 is 5.25. The van der Waals surface area contributed by atoms with Gasteiger partial charge in [-0.25, -0.2) is 0 Å². The standard InChI is InChI=1S/C43H62N2O6/c1-9-51-35(49)27-45(26-34(48)44-25-28-13-11-10-12-14-28)37(50)40(5)20-19-39(4)21-22-42(7)29(30(39)24-40)23-31(46)36-41(6)17-16-33(47)38(2,3)32(41)15-18-43(36,42)8/h10-14,23,30,32-33,36,47H,9,15-22,24-27H2,1-8H3,(H,44,48)/t30-,32-,33-,36+,39+,40-,41-,42+,43+/m0/s1. The van der Waals surface area contributed by atoms with Crippen LogP contribution >= 0.6 is 0 Å². The fourth-order valence-electron chi connectivity index (χ4n) is 12.3. The van der Waals surface area contributed by atoms with Crippen LogP contribution in [0.15, 0.2) is 42.0 Å². The van der Waals surface area contributed by atoms with Crippen LogP contribution in [-0.2, 0) is 30.5 Å². The maximum Gasteiger partial charge on any atom is 0.325 e. The van der Waals surface area contributed by atoms with Gasteiger partial charge in [-0.2, -0.15) is 0 Å². The molecule has 6 rings (SSSR count). The van der Waals surface area contributed by atoms with Gasteiger partial charge in [0, 0.05) is 17.9 Å². The first-order valence-corrected chi connectivity index (χ1v) is 19.5. The predicted molar refractivity (Wildman–Crippen MR) is 197 cm³/mol. The second kappa shape index (κ2) is 13.1. The van der Waals surface area contributed by atoms with Crippen molar-refractivity contribution in [3.05, 3.63) is 47.5 Å². The zero-order valence-corrected chi connectivity index (χ0v) is 32.4. The first-order valence-electron chi connectivity index (χ1n) is 19.5. The molecule has 0 unspecified atom stereocenters. The van der Waals surface area contributed by atoms with Gasteiger partial charge in [0.25, 0.3) is 0 Å². The molecule has 2 N–H and O–H groups in total. The molecule has 0 saturated heterocycles. The van der Waals surface area contributed by atoms with Crippen LogP contribution in [-0.4, -0.2) is 59.4 Å². The van der Waals surface area contributed by atoms with Crippen molar-refractivity contribution in [3.8, 4) is 0 Å². The molecule has 8 heteroatoms. The Bertz CT molecular complexity index is 1590. The van der Waals surface area contributed by atoms with Crippen LogP contribution in [0.3, 0.4) is 0 Å². The molecule has 5 aliphatic carbocycles. The molecule has 0 aliphatic heterocycles. The average Bonchev–Trinajstić information content (AvgIpc) is 3.07. The Hall–Kier alpha value is -3.00. The summed E-state index contributed by atoms with van der Waals surface area (Å²) in [6.07, 6.45) is 9.29. The molecule has 9 atom stereocenters. The van der Waals surface area contributed by atoms with Gasteiger partial charge in [0.1, 0.15) is 13.1 Å². The number of nitrogens with one attached hydrogen (secondary N) is 1. The van der Waals surface area contributed by atoms with E-state index in [0.717, 1.165) is 50.5 Å². The minimum absolute atomic E-state index is 0.0344. The van der Waals surface area contributed by atoms with Gasteiger partial charge in [0.15, 0.2) is 5.78 Å². The molecule has 8 nitrogen and oxygen atoms in total. The normalized spacial score (nSPS) is 39.6. The lowest BCUT2D eigenvalue weighted by Crippen LogP contribution is -2.66. The predicted octanol–water partition coefficient (Wildman–Crippen LogP) is 7.04. The molecule has 4 saturated carbocycles. The third-order valence-electron chi connectivity index (χ3n) is 15.6. The molecular weight excluding hydrogens is 640 g/mol. The minimum Gasteiger partial charge on any atom is -0.465 e. The monoisotopic (exact) mass is 702 g/mol. The molecule has 280 valence electrons. The highest BCUT2D eigenvalue weighted by molar-refractivity contribution is 5.96. The van der Waals surface area contributed by atoms with Crippen LogP contribution in [0.2, 0.25) is 0 Å². The van der Waals surface area contributed by atoms with Crippen molar-refractivity contribution in [2.75, 3.05) is 19.7 Å². The van der Waals surface area contributed by atoms with Crippen LogP contribution in [0.5, 0.6) is 0 Å². The molecule has 0 bridgehead atoms. The summed E-state index contributed by atoms with van der Waals surface area (Å²) in [5, 5.41) is 14.0. The van der Waals surface area contributed by atoms with Crippen LogP contribution in [0, 0.1) is 50.2 Å². The Labute approximate surface area is 305 Å². The summed E-state index contributed by atoms with van der Waals surface area (Å²) >= 11 is 0. The highest BCUT2D eigenvalue weighted by atomic mass is 16.5. The number of nitrogens with zero attached hydrogens (tertiary/aromatic N) is 1. The average molecular weight is 703 g/mol. The highest BCUT2D eigenvalue weighted by Gasteiger charge is 2.70. The molecule has 4 fully saturated rings. The number of benzene rings is 1. The number of aliphatic hydroxyl groups excluding tert-OH is 1. The van der Waals surface area contributed by atoms with Gasteiger partial charge in [0.05, 0.1) is 12.7 Å². The number of aliphatic hydroxyl groups is 1. The molecule has 2 amide bonds. The molecule has 5 aliphatic rings. The van der Waals surface area contributed by atoms with Crippen molar-refractivity contribution in [3.63, 3.8) is 0 Å². The molecule has 0 heterocycles. The summed E-state index contributed by atoms with van der Waals surface area (Å²) in [5.41, 5.74) is 0.431. The summed E-state index contributed by atoms with van der Waals surface area (Å²) in [6, 6.07) is 9.60. The maximum atomic E-state index is 14.7. The van der Waals surface area contributed by atoms with E-state index in [1.807, 2.05) is 43.3 Å². The van der Waals surface area contributed by atoms with E-state index in [1.54, 1.807) is 6.92 Å². The van der Waals surface area contributed by atoms with Crippen molar-refractivity contribution in [1.29, 1.82) is 0 Å². The van der Waals surface area contributed by atoms with E-state index < -0.39 is 11.4 Å². The molecule has 1 aromatic rings. The van der Waals surface area contributed by atoms with E-state index in [-0.39, 0.29) is 88.2 Å². The summed E-state index contributed by atoms with van der Waals surface area (Å²) in [7, 11) is 0. The quantitative estimate of drug-likeness (QED) is 0.281. The number of ketones is 1. The van der Waals surface area contributed by atoms with Crippen LogP contribution in [0.4, 0.5) is 0 Å². The van der Waals surface area contributed by atoms with E-state index in [4.69, 9.17) is 4.74 Å². The van der Waals surface area contributed by atoms with Gasteiger partial charge < -0.3 is 20.1 Å².